The lowest BCUT2D eigenvalue weighted by Crippen LogP contribution is -2.08. The molecule has 2 N–H and O–H groups in total. The number of anilines is 1. The van der Waals surface area contributed by atoms with Gasteiger partial charge in [0.15, 0.2) is 11.6 Å². The standard InChI is InChI=1S/C14H14BrF3N2O/c1-7(2)5-10-12(21-20-13(10)19)9-4-3-8(15)6-11(9)14(16,17)18/h3-4,6-7H,5H2,1-2H3,(H2,19,20). The van der Waals surface area contributed by atoms with Crippen molar-refractivity contribution in [2.24, 2.45) is 5.92 Å². The summed E-state index contributed by atoms with van der Waals surface area (Å²) in [7, 11) is 0. The minimum atomic E-state index is -4.49. The van der Waals surface area contributed by atoms with Crippen LogP contribution in [0, 0.1) is 5.92 Å². The summed E-state index contributed by atoms with van der Waals surface area (Å²) in [6.07, 6.45) is -3.99. The van der Waals surface area contributed by atoms with Crippen LogP contribution in [0.25, 0.3) is 11.3 Å². The van der Waals surface area contributed by atoms with Crippen molar-refractivity contribution in [1.29, 1.82) is 0 Å². The maximum absolute atomic E-state index is 13.2. The first-order valence-electron chi connectivity index (χ1n) is 6.31. The molecule has 2 rings (SSSR count). The van der Waals surface area contributed by atoms with Crippen LogP contribution in [0.5, 0.6) is 0 Å². The van der Waals surface area contributed by atoms with Gasteiger partial charge in [-0.3, -0.25) is 0 Å². The molecule has 0 aliphatic rings. The van der Waals surface area contributed by atoms with Crippen molar-refractivity contribution in [3.63, 3.8) is 0 Å². The predicted octanol–water partition coefficient (Wildman–Crippen LogP) is 4.90. The van der Waals surface area contributed by atoms with Crippen LogP contribution < -0.4 is 5.73 Å². The predicted molar refractivity (Wildman–Crippen MR) is 77.6 cm³/mol. The highest BCUT2D eigenvalue weighted by Crippen LogP contribution is 2.41. The van der Waals surface area contributed by atoms with Crippen molar-refractivity contribution in [2.75, 3.05) is 5.73 Å². The largest absolute Gasteiger partial charge is 0.417 e. The fourth-order valence-electron chi connectivity index (χ4n) is 2.09. The third-order valence-electron chi connectivity index (χ3n) is 2.96. The van der Waals surface area contributed by atoms with E-state index in [1.54, 1.807) is 0 Å². The number of nitrogens with zero attached hydrogens (tertiary/aromatic N) is 1. The lowest BCUT2D eigenvalue weighted by molar-refractivity contribution is -0.137. The molecule has 7 heteroatoms. The molecule has 0 aliphatic heterocycles. The Balaban J connectivity index is 2.63. The third-order valence-corrected chi connectivity index (χ3v) is 3.46. The molecule has 21 heavy (non-hydrogen) atoms. The Morgan fingerprint density at radius 2 is 2.00 bits per heavy atom. The van der Waals surface area contributed by atoms with Crippen LogP contribution in [0.2, 0.25) is 0 Å². The fraction of sp³-hybridized carbons (Fsp3) is 0.357. The Hall–Kier alpha value is -1.50. The number of alkyl halides is 3. The van der Waals surface area contributed by atoms with Gasteiger partial charge in [-0.15, -0.1) is 0 Å². The number of hydrogen-bond acceptors (Lipinski definition) is 3. The normalized spacial score (nSPS) is 12.1. The molecule has 0 saturated heterocycles. The van der Waals surface area contributed by atoms with Gasteiger partial charge in [0.1, 0.15) is 0 Å². The first-order chi connectivity index (χ1) is 9.70. The van der Waals surface area contributed by atoms with Crippen molar-refractivity contribution in [3.05, 3.63) is 33.8 Å². The first-order valence-corrected chi connectivity index (χ1v) is 7.10. The van der Waals surface area contributed by atoms with Gasteiger partial charge < -0.3 is 10.3 Å². The van der Waals surface area contributed by atoms with Gasteiger partial charge in [0.2, 0.25) is 0 Å². The summed E-state index contributed by atoms with van der Waals surface area (Å²) in [6.45, 7) is 3.89. The molecule has 0 aliphatic carbocycles. The smallest absolute Gasteiger partial charge is 0.381 e. The van der Waals surface area contributed by atoms with Crippen LogP contribution in [0.15, 0.2) is 27.2 Å². The summed E-state index contributed by atoms with van der Waals surface area (Å²) in [5.41, 5.74) is 5.40. The van der Waals surface area contributed by atoms with Gasteiger partial charge in [-0.05, 0) is 30.5 Å². The highest BCUT2D eigenvalue weighted by molar-refractivity contribution is 9.10. The molecule has 0 bridgehead atoms. The topological polar surface area (TPSA) is 52.0 Å². The van der Waals surface area contributed by atoms with E-state index in [-0.39, 0.29) is 23.1 Å². The summed E-state index contributed by atoms with van der Waals surface area (Å²) >= 11 is 3.05. The number of benzene rings is 1. The van der Waals surface area contributed by atoms with Crippen molar-refractivity contribution in [2.45, 2.75) is 26.4 Å². The van der Waals surface area contributed by atoms with E-state index in [0.717, 1.165) is 6.07 Å². The zero-order chi connectivity index (χ0) is 15.8. The molecule has 0 saturated carbocycles. The highest BCUT2D eigenvalue weighted by atomic mass is 79.9. The van der Waals surface area contributed by atoms with Crippen LogP contribution in [-0.4, -0.2) is 5.16 Å². The van der Waals surface area contributed by atoms with Gasteiger partial charge in [0.25, 0.3) is 0 Å². The van der Waals surface area contributed by atoms with E-state index in [0.29, 0.717) is 16.5 Å². The molecule has 1 heterocycles. The van der Waals surface area contributed by atoms with E-state index in [1.165, 1.54) is 12.1 Å². The summed E-state index contributed by atoms with van der Waals surface area (Å²) in [6, 6.07) is 3.91. The summed E-state index contributed by atoms with van der Waals surface area (Å²) in [5.74, 6) is 0.436. The molecule has 2 aromatic rings. The van der Waals surface area contributed by atoms with Gasteiger partial charge in [-0.25, -0.2) is 0 Å². The third kappa shape index (κ3) is 3.40. The molecular formula is C14H14BrF3N2O. The van der Waals surface area contributed by atoms with Gasteiger partial charge in [0, 0.05) is 15.6 Å². The first kappa shape index (κ1) is 15.9. The minimum Gasteiger partial charge on any atom is -0.381 e. The second-order valence-corrected chi connectivity index (χ2v) is 6.08. The van der Waals surface area contributed by atoms with Gasteiger partial charge in [-0.1, -0.05) is 34.9 Å². The number of halogens is 4. The van der Waals surface area contributed by atoms with Crippen LogP contribution in [0.4, 0.5) is 19.0 Å². The molecule has 1 aromatic carbocycles. The van der Waals surface area contributed by atoms with Crippen LogP contribution in [0.1, 0.15) is 25.0 Å². The van der Waals surface area contributed by atoms with Crippen LogP contribution in [-0.2, 0) is 12.6 Å². The van der Waals surface area contributed by atoms with Gasteiger partial charge >= 0.3 is 6.18 Å². The SMILES string of the molecule is CC(C)Cc1c(N)noc1-c1ccc(Br)cc1C(F)(F)F. The average molecular weight is 363 g/mol. The average Bonchev–Trinajstić information content (AvgIpc) is 2.69. The monoisotopic (exact) mass is 362 g/mol. The maximum Gasteiger partial charge on any atom is 0.417 e. The lowest BCUT2D eigenvalue weighted by atomic mass is 9.97. The Morgan fingerprint density at radius 1 is 1.33 bits per heavy atom. The van der Waals surface area contributed by atoms with Crippen molar-refractivity contribution < 1.29 is 17.7 Å². The molecule has 0 unspecified atom stereocenters. The summed E-state index contributed by atoms with van der Waals surface area (Å²) in [4.78, 5) is 0. The Labute approximate surface area is 128 Å². The quantitative estimate of drug-likeness (QED) is 0.844. The Morgan fingerprint density at radius 3 is 2.57 bits per heavy atom. The van der Waals surface area contributed by atoms with Gasteiger partial charge in [-0.2, -0.15) is 13.2 Å². The molecule has 0 spiro atoms. The lowest BCUT2D eigenvalue weighted by Gasteiger charge is -2.13. The highest BCUT2D eigenvalue weighted by Gasteiger charge is 2.35. The van der Waals surface area contributed by atoms with E-state index >= 15 is 0 Å². The van der Waals surface area contributed by atoms with E-state index in [2.05, 4.69) is 21.1 Å². The summed E-state index contributed by atoms with van der Waals surface area (Å²) in [5, 5.41) is 3.62. The van der Waals surface area contributed by atoms with E-state index in [1.807, 2.05) is 13.8 Å². The molecule has 0 radical (unpaired) electrons. The van der Waals surface area contributed by atoms with Gasteiger partial charge in [0.05, 0.1) is 5.56 Å². The molecule has 0 atom stereocenters. The zero-order valence-corrected chi connectivity index (χ0v) is 13.0. The molecule has 0 fully saturated rings. The van der Waals surface area contributed by atoms with Crippen molar-refractivity contribution >= 4 is 21.7 Å². The molecule has 0 amide bonds. The Kier molecular flexibility index (Phi) is 4.32. The number of nitrogen functional groups attached to an aromatic ring is 1. The Bertz CT molecular complexity index is 650. The zero-order valence-electron chi connectivity index (χ0n) is 11.5. The molecule has 3 nitrogen and oxygen atoms in total. The summed E-state index contributed by atoms with van der Waals surface area (Å²) < 4.78 is 45.0. The minimum absolute atomic E-state index is 0.0504. The molecular weight excluding hydrogens is 349 g/mol. The van der Waals surface area contributed by atoms with E-state index in [4.69, 9.17) is 10.3 Å². The maximum atomic E-state index is 13.2. The van der Waals surface area contributed by atoms with Crippen molar-refractivity contribution in [3.8, 4) is 11.3 Å². The second kappa shape index (κ2) is 5.71. The molecule has 114 valence electrons. The number of nitrogens with two attached hydrogens (primary N) is 1. The van der Waals surface area contributed by atoms with Crippen LogP contribution in [0.3, 0.4) is 0 Å². The second-order valence-electron chi connectivity index (χ2n) is 5.16. The fourth-order valence-corrected chi connectivity index (χ4v) is 2.45. The van der Waals surface area contributed by atoms with E-state index < -0.39 is 11.7 Å². The number of rotatable bonds is 3. The van der Waals surface area contributed by atoms with Crippen LogP contribution >= 0.6 is 15.9 Å². The molecule has 1 aromatic heterocycles. The number of aromatic nitrogens is 1. The van der Waals surface area contributed by atoms with E-state index in [9.17, 15) is 13.2 Å². The number of hydrogen-bond donors (Lipinski definition) is 1. The van der Waals surface area contributed by atoms with Crippen molar-refractivity contribution in [1.82, 2.24) is 5.16 Å².